The minimum atomic E-state index is -0.451. The molecule has 0 bridgehead atoms. The van der Waals surface area contributed by atoms with E-state index in [2.05, 4.69) is 31.8 Å². The van der Waals surface area contributed by atoms with Crippen molar-refractivity contribution >= 4 is 34.0 Å². The number of halogens is 1. The molecule has 1 aromatic heterocycles. The Balaban J connectivity index is 1.39. The van der Waals surface area contributed by atoms with E-state index < -0.39 is 5.91 Å². The molecule has 188 valence electrons. The number of nitrogens with one attached hydrogen (secondary N) is 2. The van der Waals surface area contributed by atoms with Gasteiger partial charge in [-0.25, -0.2) is 10.1 Å². The van der Waals surface area contributed by atoms with Crippen LogP contribution in [-0.4, -0.2) is 41.0 Å². The largest absolute Gasteiger partial charge is 0.494 e. The Morgan fingerprint density at radius 2 is 1.76 bits per heavy atom. The van der Waals surface area contributed by atoms with E-state index in [9.17, 15) is 9.59 Å². The van der Waals surface area contributed by atoms with Gasteiger partial charge in [0.1, 0.15) is 11.4 Å². The first-order valence-electron chi connectivity index (χ1n) is 11.8. The summed E-state index contributed by atoms with van der Waals surface area (Å²) in [7, 11) is 0. The fraction of sp³-hybridized carbons (Fsp3) is 0.143. The van der Waals surface area contributed by atoms with Crippen LogP contribution < -0.4 is 15.5 Å². The number of benzene rings is 3. The maximum absolute atomic E-state index is 12.3. The first-order chi connectivity index (χ1) is 18.0. The molecule has 4 aromatic rings. The first-order valence-corrected chi connectivity index (χ1v) is 12.6. The summed E-state index contributed by atoms with van der Waals surface area (Å²) in [5.74, 6) is -0.112. The standard InChI is InChI=1S/C28H26BrN5O3/c1-2-16-37-25-14-10-21(11-15-25)28(36)30-18-26(35)32-31-17-22-19-34(24-6-4-3-5-7-24)33-27(22)20-8-12-23(29)13-9-20/h3-15,17,19H,2,16,18H2,1H3,(H,30,36)(H,32,35)/b31-17+. The average Bonchev–Trinajstić information content (AvgIpc) is 3.36. The Bertz CT molecular complexity index is 1370. The summed E-state index contributed by atoms with van der Waals surface area (Å²) < 4.78 is 8.24. The fourth-order valence-electron chi connectivity index (χ4n) is 3.43. The summed E-state index contributed by atoms with van der Waals surface area (Å²) in [5, 5.41) is 11.4. The van der Waals surface area contributed by atoms with Crippen molar-refractivity contribution in [2.24, 2.45) is 5.10 Å². The summed E-state index contributed by atoms with van der Waals surface area (Å²) in [4.78, 5) is 24.6. The summed E-state index contributed by atoms with van der Waals surface area (Å²) in [6.07, 6.45) is 4.29. The summed E-state index contributed by atoms with van der Waals surface area (Å²) in [6.45, 7) is 2.42. The zero-order chi connectivity index (χ0) is 26.0. The van der Waals surface area contributed by atoms with Gasteiger partial charge >= 0.3 is 0 Å². The molecule has 0 saturated heterocycles. The van der Waals surface area contributed by atoms with Gasteiger partial charge in [-0.2, -0.15) is 10.2 Å². The van der Waals surface area contributed by atoms with Crippen molar-refractivity contribution in [3.8, 4) is 22.7 Å². The van der Waals surface area contributed by atoms with E-state index in [0.29, 0.717) is 23.6 Å². The Kier molecular flexibility index (Phi) is 8.83. The minimum Gasteiger partial charge on any atom is -0.494 e. The maximum atomic E-state index is 12.3. The number of hydrogen-bond donors (Lipinski definition) is 2. The molecule has 0 saturated carbocycles. The Morgan fingerprint density at radius 1 is 1.03 bits per heavy atom. The molecule has 0 unspecified atom stereocenters. The molecule has 0 atom stereocenters. The molecule has 9 heteroatoms. The average molecular weight is 560 g/mol. The predicted octanol–water partition coefficient (Wildman–Crippen LogP) is 4.97. The van der Waals surface area contributed by atoms with Gasteiger partial charge < -0.3 is 10.1 Å². The molecule has 8 nitrogen and oxygen atoms in total. The maximum Gasteiger partial charge on any atom is 0.259 e. The summed E-state index contributed by atoms with van der Waals surface area (Å²) in [5.41, 5.74) is 6.14. The van der Waals surface area contributed by atoms with Crippen molar-refractivity contribution in [3.63, 3.8) is 0 Å². The molecule has 4 rings (SSSR count). The number of amides is 2. The molecule has 0 radical (unpaired) electrons. The van der Waals surface area contributed by atoms with E-state index >= 15 is 0 Å². The Labute approximate surface area is 223 Å². The van der Waals surface area contributed by atoms with Crippen LogP contribution in [0.3, 0.4) is 0 Å². The highest BCUT2D eigenvalue weighted by Gasteiger charge is 2.12. The normalized spacial score (nSPS) is 10.9. The minimum absolute atomic E-state index is 0.215. The smallest absolute Gasteiger partial charge is 0.259 e. The van der Waals surface area contributed by atoms with Crippen molar-refractivity contribution in [3.05, 3.63) is 101 Å². The quantitative estimate of drug-likeness (QED) is 0.212. The second kappa shape index (κ2) is 12.6. The molecule has 0 fully saturated rings. The number of hydrogen-bond acceptors (Lipinski definition) is 5. The lowest BCUT2D eigenvalue weighted by molar-refractivity contribution is -0.120. The highest BCUT2D eigenvalue weighted by molar-refractivity contribution is 9.10. The number of carbonyl (C=O) groups is 2. The zero-order valence-corrected chi connectivity index (χ0v) is 21.8. The van der Waals surface area contributed by atoms with Gasteiger partial charge in [0.25, 0.3) is 11.8 Å². The van der Waals surface area contributed by atoms with Crippen molar-refractivity contribution in [2.75, 3.05) is 13.2 Å². The molecule has 2 amide bonds. The lowest BCUT2D eigenvalue weighted by Crippen LogP contribution is -2.34. The van der Waals surface area contributed by atoms with Crippen LogP contribution in [0.4, 0.5) is 0 Å². The first kappa shape index (κ1) is 25.8. The van der Waals surface area contributed by atoms with Crippen molar-refractivity contribution in [1.29, 1.82) is 0 Å². The van der Waals surface area contributed by atoms with E-state index in [1.165, 1.54) is 0 Å². The lowest BCUT2D eigenvalue weighted by atomic mass is 10.1. The van der Waals surface area contributed by atoms with Gasteiger partial charge in [0.05, 0.1) is 25.1 Å². The van der Waals surface area contributed by atoms with Crippen LogP contribution in [-0.2, 0) is 4.79 Å². The van der Waals surface area contributed by atoms with E-state index in [4.69, 9.17) is 9.84 Å². The van der Waals surface area contributed by atoms with Gasteiger partial charge in [0.2, 0.25) is 0 Å². The third-order valence-electron chi connectivity index (χ3n) is 5.27. The van der Waals surface area contributed by atoms with Gasteiger partial charge in [0, 0.05) is 27.4 Å². The van der Waals surface area contributed by atoms with Crippen LogP contribution in [0.25, 0.3) is 16.9 Å². The van der Waals surface area contributed by atoms with Gasteiger partial charge in [-0.05, 0) is 55.0 Å². The molecule has 2 N–H and O–H groups in total. The van der Waals surface area contributed by atoms with Crippen LogP contribution in [0.1, 0.15) is 29.3 Å². The molecule has 0 aliphatic carbocycles. The lowest BCUT2D eigenvalue weighted by Gasteiger charge is -2.07. The summed E-state index contributed by atoms with van der Waals surface area (Å²) in [6, 6.07) is 24.3. The third-order valence-corrected chi connectivity index (χ3v) is 5.80. The summed E-state index contributed by atoms with van der Waals surface area (Å²) >= 11 is 3.45. The highest BCUT2D eigenvalue weighted by atomic mass is 79.9. The second-order valence-electron chi connectivity index (χ2n) is 8.07. The van der Waals surface area contributed by atoms with Crippen LogP contribution >= 0.6 is 15.9 Å². The Hall–Kier alpha value is -4.24. The predicted molar refractivity (Wildman–Crippen MR) is 147 cm³/mol. The molecular formula is C28H26BrN5O3. The number of para-hydroxylation sites is 1. The fourth-order valence-corrected chi connectivity index (χ4v) is 3.69. The van der Waals surface area contributed by atoms with Crippen molar-refractivity contribution < 1.29 is 14.3 Å². The molecule has 0 spiro atoms. The molecule has 0 aliphatic heterocycles. The highest BCUT2D eigenvalue weighted by Crippen LogP contribution is 2.24. The van der Waals surface area contributed by atoms with Crippen LogP contribution in [0.2, 0.25) is 0 Å². The van der Waals surface area contributed by atoms with E-state index in [0.717, 1.165) is 27.7 Å². The van der Waals surface area contributed by atoms with Crippen LogP contribution in [0.15, 0.2) is 94.6 Å². The third kappa shape index (κ3) is 7.14. The van der Waals surface area contributed by atoms with Crippen molar-refractivity contribution in [1.82, 2.24) is 20.5 Å². The van der Waals surface area contributed by atoms with Crippen LogP contribution in [0, 0.1) is 0 Å². The van der Waals surface area contributed by atoms with Gasteiger partial charge in [0.15, 0.2) is 0 Å². The molecular weight excluding hydrogens is 534 g/mol. The number of rotatable bonds is 10. The van der Waals surface area contributed by atoms with E-state index in [1.54, 1.807) is 35.2 Å². The second-order valence-corrected chi connectivity index (χ2v) is 8.98. The number of nitrogens with zero attached hydrogens (tertiary/aromatic N) is 3. The number of hydrazone groups is 1. The molecule has 1 heterocycles. The van der Waals surface area contributed by atoms with Gasteiger partial charge in [-0.15, -0.1) is 0 Å². The van der Waals surface area contributed by atoms with Crippen molar-refractivity contribution in [2.45, 2.75) is 13.3 Å². The monoisotopic (exact) mass is 559 g/mol. The topological polar surface area (TPSA) is 97.6 Å². The Morgan fingerprint density at radius 3 is 2.46 bits per heavy atom. The van der Waals surface area contributed by atoms with Gasteiger partial charge in [-0.1, -0.05) is 53.2 Å². The van der Waals surface area contributed by atoms with Crippen LogP contribution in [0.5, 0.6) is 5.75 Å². The molecule has 37 heavy (non-hydrogen) atoms. The number of carbonyl (C=O) groups excluding carboxylic acids is 2. The number of aromatic nitrogens is 2. The zero-order valence-electron chi connectivity index (χ0n) is 20.2. The number of ether oxygens (including phenoxy) is 1. The van der Waals surface area contributed by atoms with E-state index in [1.807, 2.05) is 67.7 Å². The van der Waals surface area contributed by atoms with Gasteiger partial charge in [-0.3, -0.25) is 9.59 Å². The van der Waals surface area contributed by atoms with E-state index in [-0.39, 0.29) is 12.5 Å². The molecule has 0 aliphatic rings. The SMILES string of the molecule is CCCOc1ccc(C(=O)NCC(=O)N/N=C/c2cn(-c3ccccc3)nc2-c2ccc(Br)cc2)cc1. The molecule has 3 aromatic carbocycles.